The molecule has 0 radical (unpaired) electrons. The molecule has 0 aromatic heterocycles. The molecule has 0 aliphatic carbocycles. The minimum atomic E-state index is -4.75. The van der Waals surface area contributed by atoms with E-state index in [1.54, 1.807) is 12.1 Å². The molecule has 162 valence electrons. The summed E-state index contributed by atoms with van der Waals surface area (Å²) in [7, 11) is 0. The number of benzene rings is 2. The van der Waals surface area contributed by atoms with E-state index in [0.717, 1.165) is 12.1 Å². The van der Waals surface area contributed by atoms with Gasteiger partial charge in [0.25, 0.3) is 0 Å². The summed E-state index contributed by atoms with van der Waals surface area (Å²) in [5, 5.41) is 12.3. The number of halogens is 4. The Hall–Kier alpha value is -3.01. The standard InChI is InChI=1S/C20H22F4N4O2/c21-17-11-13(1-6-18(17)28-9-7-15(29)8-10-28)12-26-19(25)27-14-2-4-16(5-3-14)30-20(22,23)24/h1-6,11,15,29H,7-10,12H2,(H3,25,26,27). The van der Waals surface area contributed by atoms with Crippen LogP contribution < -0.4 is 20.7 Å². The van der Waals surface area contributed by atoms with Gasteiger partial charge in [-0.1, -0.05) is 6.07 Å². The van der Waals surface area contributed by atoms with Crippen molar-refractivity contribution in [2.24, 2.45) is 10.7 Å². The van der Waals surface area contributed by atoms with E-state index in [9.17, 15) is 22.7 Å². The highest BCUT2D eigenvalue weighted by Gasteiger charge is 2.30. The molecule has 0 spiro atoms. The van der Waals surface area contributed by atoms with Crippen LogP contribution in [0.25, 0.3) is 0 Å². The molecule has 0 unspecified atom stereocenters. The third kappa shape index (κ3) is 6.24. The molecule has 10 heteroatoms. The molecule has 1 aliphatic heterocycles. The molecule has 0 amide bonds. The lowest BCUT2D eigenvalue weighted by Gasteiger charge is -2.31. The first-order chi connectivity index (χ1) is 14.2. The Morgan fingerprint density at radius 2 is 1.83 bits per heavy atom. The van der Waals surface area contributed by atoms with Crippen molar-refractivity contribution in [3.63, 3.8) is 0 Å². The number of guanidine groups is 1. The van der Waals surface area contributed by atoms with Crippen LogP contribution >= 0.6 is 0 Å². The lowest BCUT2D eigenvalue weighted by Crippen LogP contribution is -2.36. The van der Waals surface area contributed by atoms with Gasteiger partial charge < -0.3 is 25.8 Å². The molecule has 0 saturated carbocycles. The predicted octanol–water partition coefficient (Wildman–Crippen LogP) is 3.61. The fraction of sp³-hybridized carbons (Fsp3) is 0.350. The maximum absolute atomic E-state index is 14.5. The maximum atomic E-state index is 14.5. The molecule has 1 heterocycles. The average Bonchev–Trinajstić information content (AvgIpc) is 2.68. The molecule has 3 rings (SSSR count). The summed E-state index contributed by atoms with van der Waals surface area (Å²) in [5.74, 6) is -0.679. The van der Waals surface area contributed by atoms with E-state index in [4.69, 9.17) is 5.73 Å². The molecule has 1 aliphatic rings. The molecule has 4 N–H and O–H groups in total. The van der Waals surface area contributed by atoms with Gasteiger partial charge in [0.05, 0.1) is 18.3 Å². The average molecular weight is 426 g/mol. The second-order valence-electron chi connectivity index (χ2n) is 6.90. The van der Waals surface area contributed by atoms with Gasteiger partial charge in [-0.15, -0.1) is 13.2 Å². The number of ether oxygens (including phenoxy) is 1. The van der Waals surface area contributed by atoms with E-state index >= 15 is 0 Å². The fourth-order valence-corrected chi connectivity index (χ4v) is 3.12. The first-order valence-electron chi connectivity index (χ1n) is 9.34. The van der Waals surface area contributed by atoms with Crippen LogP contribution in [0.4, 0.5) is 28.9 Å². The zero-order chi connectivity index (χ0) is 21.7. The van der Waals surface area contributed by atoms with Gasteiger partial charge in [-0.3, -0.25) is 0 Å². The quantitative estimate of drug-likeness (QED) is 0.387. The largest absolute Gasteiger partial charge is 0.573 e. The Kier molecular flexibility index (Phi) is 6.66. The highest BCUT2D eigenvalue weighted by molar-refractivity contribution is 5.92. The Balaban J connectivity index is 1.56. The Morgan fingerprint density at radius 3 is 2.43 bits per heavy atom. The van der Waals surface area contributed by atoms with E-state index in [-0.39, 0.29) is 30.2 Å². The second kappa shape index (κ2) is 9.21. The summed E-state index contributed by atoms with van der Waals surface area (Å²) in [4.78, 5) is 6.02. The summed E-state index contributed by atoms with van der Waals surface area (Å²) in [6, 6.07) is 9.86. The number of aliphatic hydroxyl groups is 1. The van der Waals surface area contributed by atoms with Crippen LogP contribution in [0.15, 0.2) is 47.5 Å². The van der Waals surface area contributed by atoms with Crippen LogP contribution in [0.5, 0.6) is 5.75 Å². The van der Waals surface area contributed by atoms with E-state index in [2.05, 4.69) is 15.0 Å². The van der Waals surface area contributed by atoms with Gasteiger partial charge in [-0.2, -0.15) is 0 Å². The van der Waals surface area contributed by atoms with E-state index in [1.165, 1.54) is 18.2 Å². The van der Waals surface area contributed by atoms with Crippen molar-refractivity contribution in [2.75, 3.05) is 23.3 Å². The minimum absolute atomic E-state index is 0.0361. The van der Waals surface area contributed by atoms with Gasteiger partial charge in [-0.05, 0) is 54.8 Å². The zero-order valence-electron chi connectivity index (χ0n) is 16.0. The first kappa shape index (κ1) is 21.7. The van der Waals surface area contributed by atoms with Crippen molar-refractivity contribution in [1.82, 2.24) is 0 Å². The van der Waals surface area contributed by atoms with Gasteiger partial charge in [-0.25, -0.2) is 9.38 Å². The number of hydrogen-bond donors (Lipinski definition) is 3. The van der Waals surface area contributed by atoms with Gasteiger partial charge >= 0.3 is 6.36 Å². The molecular weight excluding hydrogens is 404 g/mol. The van der Waals surface area contributed by atoms with Crippen molar-refractivity contribution in [2.45, 2.75) is 31.9 Å². The van der Waals surface area contributed by atoms with Crippen LogP contribution in [0, 0.1) is 5.82 Å². The Labute approximate surface area is 171 Å². The molecule has 2 aromatic rings. The molecule has 2 aromatic carbocycles. The van der Waals surface area contributed by atoms with Gasteiger partial charge in [0, 0.05) is 18.8 Å². The number of aliphatic imine (C=N–C) groups is 1. The highest BCUT2D eigenvalue weighted by atomic mass is 19.4. The van der Waals surface area contributed by atoms with E-state index in [0.29, 0.717) is 42.9 Å². The van der Waals surface area contributed by atoms with Crippen molar-refractivity contribution >= 4 is 17.3 Å². The highest BCUT2D eigenvalue weighted by Crippen LogP contribution is 2.25. The summed E-state index contributed by atoms with van der Waals surface area (Å²) in [6.07, 6.45) is -3.87. The number of hydrogen-bond acceptors (Lipinski definition) is 4. The van der Waals surface area contributed by atoms with Crippen molar-refractivity contribution in [3.8, 4) is 5.75 Å². The summed E-state index contributed by atoms with van der Waals surface area (Å²) in [5.41, 5.74) is 7.33. The van der Waals surface area contributed by atoms with Crippen LogP contribution in [0.3, 0.4) is 0 Å². The minimum Gasteiger partial charge on any atom is -0.406 e. The second-order valence-corrected chi connectivity index (χ2v) is 6.90. The number of alkyl halides is 3. The Bertz CT molecular complexity index is 879. The fourth-order valence-electron chi connectivity index (χ4n) is 3.12. The summed E-state index contributed by atoms with van der Waals surface area (Å²) < 4.78 is 54.8. The SMILES string of the molecule is NC(=NCc1ccc(N2CCC(O)CC2)c(F)c1)Nc1ccc(OC(F)(F)F)cc1. The molecule has 1 saturated heterocycles. The number of piperidine rings is 1. The number of nitrogens with zero attached hydrogens (tertiary/aromatic N) is 2. The first-order valence-corrected chi connectivity index (χ1v) is 9.34. The lowest BCUT2D eigenvalue weighted by atomic mass is 10.1. The smallest absolute Gasteiger partial charge is 0.406 e. The molecule has 0 atom stereocenters. The molecule has 0 bridgehead atoms. The third-order valence-corrected chi connectivity index (χ3v) is 4.61. The molecular formula is C20H22F4N4O2. The normalized spacial score (nSPS) is 15.9. The van der Waals surface area contributed by atoms with Crippen molar-refractivity contribution in [3.05, 3.63) is 53.8 Å². The number of anilines is 2. The molecule has 1 fully saturated rings. The van der Waals surface area contributed by atoms with Crippen molar-refractivity contribution in [1.29, 1.82) is 0 Å². The molecule has 6 nitrogen and oxygen atoms in total. The monoisotopic (exact) mass is 426 g/mol. The number of aliphatic hydroxyl groups excluding tert-OH is 1. The number of rotatable bonds is 5. The van der Waals surface area contributed by atoms with Crippen molar-refractivity contribution < 1.29 is 27.4 Å². The lowest BCUT2D eigenvalue weighted by molar-refractivity contribution is -0.274. The van der Waals surface area contributed by atoms with Crippen LogP contribution in [-0.2, 0) is 6.54 Å². The van der Waals surface area contributed by atoms with Gasteiger partial charge in [0.15, 0.2) is 5.96 Å². The summed E-state index contributed by atoms with van der Waals surface area (Å²) in [6.45, 7) is 1.32. The van der Waals surface area contributed by atoms with Gasteiger partial charge in [0.1, 0.15) is 11.6 Å². The zero-order valence-corrected chi connectivity index (χ0v) is 16.0. The van der Waals surface area contributed by atoms with E-state index in [1.807, 2.05) is 4.90 Å². The van der Waals surface area contributed by atoms with Gasteiger partial charge in [0.2, 0.25) is 0 Å². The third-order valence-electron chi connectivity index (χ3n) is 4.61. The van der Waals surface area contributed by atoms with Crippen LogP contribution in [0.1, 0.15) is 18.4 Å². The number of nitrogens with one attached hydrogen (secondary N) is 1. The van der Waals surface area contributed by atoms with Crippen LogP contribution in [-0.4, -0.2) is 36.6 Å². The topological polar surface area (TPSA) is 83.1 Å². The van der Waals surface area contributed by atoms with E-state index < -0.39 is 6.36 Å². The number of nitrogens with two attached hydrogens (primary N) is 1. The summed E-state index contributed by atoms with van der Waals surface area (Å²) >= 11 is 0. The molecule has 30 heavy (non-hydrogen) atoms. The van der Waals surface area contributed by atoms with Crippen LogP contribution in [0.2, 0.25) is 0 Å². The Morgan fingerprint density at radius 1 is 1.17 bits per heavy atom. The maximum Gasteiger partial charge on any atom is 0.573 e. The predicted molar refractivity (Wildman–Crippen MR) is 106 cm³/mol.